The van der Waals surface area contributed by atoms with E-state index in [1.165, 1.54) is 19.2 Å². The fourth-order valence-electron chi connectivity index (χ4n) is 2.92. The Hall–Kier alpha value is -2.51. The summed E-state index contributed by atoms with van der Waals surface area (Å²) in [4.78, 5) is 12.7. The standard InChI is InChI=1S/C18H16ClFN4O3S/c1-24-17(18(25)22-13-6-7-15(20)14(19)8-13)9-16(23-28(24,26)27)12-4-2-11(10-21)3-5-12/h2-8,16-17,23H,9H2,1H3,(H,22,25)/t16-,17+/m1/s1. The van der Waals surface area contributed by atoms with Gasteiger partial charge in [0.15, 0.2) is 0 Å². The normalized spacial score (nSPS) is 21.6. The number of hydrogen-bond donors (Lipinski definition) is 2. The molecular weight excluding hydrogens is 407 g/mol. The zero-order chi connectivity index (χ0) is 20.5. The van der Waals surface area contributed by atoms with E-state index in [9.17, 15) is 17.6 Å². The second kappa shape index (κ2) is 7.85. The maximum atomic E-state index is 13.3. The average Bonchev–Trinajstić information content (AvgIpc) is 2.66. The fraction of sp³-hybridized carbons (Fsp3) is 0.222. The van der Waals surface area contributed by atoms with E-state index in [4.69, 9.17) is 16.9 Å². The van der Waals surface area contributed by atoms with Crippen LogP contribution in [0.2, 0.25) is 5.02 Å². The van der Waals surface area contributed by atoms with E-state index in [1.54, 1.807) is 24.3 Å². The van der Waals surface area contributed by atoms with Crippen molar-refractivity contribution >= 4 is 33.4 Å². The fourth-order valence-corrected chi connectivity index (χ4v) is 4.37. The summed E-state index contributed by atoms with van der Waals surface area (Å²) in [6.07, 6.45) is 0.169. The summed E-state index contributed by atoms with van der Waals surface area (Å²) in [5.41, 5.74) is 1.34. The smallest absolute Gasteiger partial charge is 0.280 e. The zero-order valence-corrected chi connectivity index (χ0v) is 16.3. The van der Waals surface area contributed by atoms with Gasteiger partial charge in [-0.2, -0.15) is 22.7 Å². The van der Waals surface area contributed by atoms with Crippen LogP contribution in [0.15, 0.2) is 42.5 Å². The molecule has 0 radical (unpaired) electrons. The highest BCUT2D eigenvalue weighted by atomic mass is 35.5. The molecule has 2 aromatic carbocycles. The third kappa shape index (κ3) is 4.15. The van der Waals surface area contributed by atoms with E-state index < -0.39 is 34.0 Å². The van der Waals surface area contributed by atoms with Crippen molar-refractivity contribution in [3.63, 3.8) is 0 Å². The van der Waals surface area contributed by atoms with Gasteiger partial charge in [-0.25, -0.2) is 4.39 Å². The predicted molar refractivity (Wildman–Crippen MR) is 102 cm³/mol. The van der Waals surface area contributed by atoms with E-state index in [2.05, 4.69) is 10.0 Å². The molecule has 0 spiro atoms. The molecule has 0 aromatic heterocycles. The number of benzene rings is 2. The summed E-state index contributed by atoms with van der Waals surface area (Å²) in [5, 5.41) is 11.3. The number of carbonyl (C=O) groups is 1. The first-order valence-electron chi connectivity index (χ1n) is 8.22. The van der Waals surface area contributed by atoms with Crippen LogP contribution in [0.4, 0.5) is 10.1 Å². The van der Waals surface area contributed by atoms with E-state index in [-0.39, 0.29) is 17.1 Å². The molecule has 10 heteroatoms. The van der Waals surface area contributed by atoms with Gasteiger partial charge in [0.25, 0.3) is 10.2 Å². The lowest BCUT2D eigenvalue weighted by Gasteiger charge is -2.36. The van der Waals surface area contributed by atoms with Crippen molar-refractivity contribution in [3.05, 3.63) is 64.4 Å². The Bertz CT molecular complexity index is 1050. The first kappa shape index (κ1) is 20.2. The van der Waals surface area contributed by atoms with E-state index in [1.807, 2.05) is 6.07 Å². The predicted octanol–water partition coefficient (Wildman–Crippen LogP) is 2.57. The van der Waals surface area contributed by atoms with Gasteiger partial charge >= 0.3 is 0 Å². The maximum Gasteiger partial charge on any atom is 0.280 e. The Balaban J connectivity index is 1.84. The van der Waals surface area contributed by atoms with Crippen molar-refractivity contribution in [2.24, 2.45) is 0 Å². The first-order chi connectivity index (χ1) is 13.2. The number of likely N-dealkylation sites (N-methyl/N-ethyl adjacent to an activating group) is 1. The lowest BCUT2D eigenvalue weighted by Crippen LogP contribution is -2.55. The molecule has 0 bridgehead atoms. The van der Waals surface area contributed by atoms with Crippen molar-refractivity contribution < 1.29 is 17.6 Å². The van der Waals surface area contributed by atoms with Gasteiger partial charge in [-0.3, -0.25) is 4.79 Å². The number of nitriles is 1. The number of nitrogens with one attached hydrogen (secondary N) is 2. The molecule has 1 aliphatic heterocycles. The Morgan fingerprint density at radius 3 is 2.61 bits per heavy atom. The van der Waals surface area contributed by atoms with Crippen molar-refractivity contribution in [2.45, 2.75) is 18.5 Å². The minimum Gasteiger partial charge on any atom is -0.325 e. The van der Waals surface area contributed by atoms with Gasteiger partial charge in [0, 0.05) is 18.8 Å². The van der Waals surface area contributed by atoms with Gasteiger partial charge in [-0.05, 0) is 42.3 Å². The summed E-state index contributed by atoms with van der Waals surface area (Å²) < 4.78 is 41.7. The molecule has 2 atom stereocenters. The molecular formula is C18H16ClFN4O3S. The quantitative estimate of drug-likeness (QED) is 0.793. The number of amides is 1. The highest BCUT2D eigenvalue weighted by Gasteiger charge is 2.40. The molecule has 146 valence electrons. The summed E-state index contributed by atoms with van der Waals surface area (Å²) in [6, 6.07) is 10.5. The highest BCUT2D eigenvalue weighted by Crippen LogP contribution is 2.29. The number of carbonyl (C=O) groups excluding carboxylic acids is 1. The lowest BCUT2D eigenvalue weighted by molar-refractivity contribution is -0.120. The van der Waals surface area contributed by atoms with Gasteiger partial charge in [0.05, 0.1) is 16.7 Å². The van der Waals surface area contributed by atoms with Crippen LogP contribution < -0.4 is 10.0 Å². The van der Waals surface area contributed by atoms with E-state index in [0.29, 0.717) is 11.1 Å². The number of nitrogens with zero attached hydrogens (tertiary/aromatic N) is 2. The van der Waals surface area contributed by atoms with Crippen molar-refractivity contribution in [2.75, 3.05) is 12.4 Å². The molecule has 1 aliphatic rings. The van der Waals surface area contributed by atoms with Crippen molar-refractivity contribution in [1.82, 2.24) is 9.03 Å². The van der Waals surface area contributed by atoms with Crippen LogP contribution in [-0.2, 0) is 15.0 Å². The minimum absolute atomic E-state index is 0.153. The van der Waals surface area contributed by atoms with Crippen LogP contribution in [0.1, 0.15) is 23.6 Å². The molecule has 1 amide bonds. The lowest BCUT2D eigenvalue weighted by atomic mass is 9.98. The second-order valence-corrected chi connectivity index (χ2v) is 8.46. The van der Waals surface area contributed by atoms with Gasteiger partial charge in [0.2, 0.25) is 5.91 Å². The Morgan fingerprint density at radius 1 is 1.32 bits per heavy atom. The minimum atomic E-state index is -3.90. The zero-order valence-electron chi connectivity index (χ0n) is 14.7. The van der Waals surface area contributed by atoms with Crippen molar-refractivity contribution in [3.8, 4) is 6.07 Å². The van der Waals surface area contributed by atoms with Crippen LogP contribution in [0.5, 0.6) is 0 Å². The second-order valence-electron chi connectivity index (χ2n) is 6.30. The van der Waals surface area contributed by atoms with Crippen LogP contribution in [0.25, 0.3) is 0 Å². The molecule has 0 unspecified atom stereocenters. The summed E-state index contributed by atoms with van der Waals surface area (Å²) in [7, 11) is -2.60. The van der Waals surface area contributed by atoms with Gasteiger partial charge in [-0.15, -0.1) is 0 Å². The number of hydrogen-bond acceptors (Lipinski definition) is 4. The van der Waals surface area contributed by atoms with Gasteiger partial charge in [0.1, 0.15) is 11.9 Å². The number of anilines is 1. The summed E-state index contributed by atoms with van der Waals surface area (Å²) in [5.74, 6) is -1.18. The van der Waals surface area contributed by atoms with Crippen LogP contribution >= 0.6 is 11.6 Å². The molecule has 7 nitrogen and oxygen atoms in total. The number of halogens is 2. The van der Waals surface area contributed by atoms with Crippen molar-refractivity contribution in [1.29, 1.82) is 5.26 Å². The first-order valence-corrected chi connectivity index (χ1v) is 10.0. The van der Waals surface area contributed by atoms with Gasteiger partial charge < -0.3 is 5.32 Å². The summed E-state index contributed by atoms with van der Waals surface area (Å²) in [6.45, 7) is 0. The SMILES string of the molecule is CN1[C@H](C(=O)Nc2ccc(F)c(Cl)c2)C[C@H](c2ccc(C#N)cc2)NS1(=O)=O. The molecule has 2 N–H and O–H groups in total. The topological polar surface area (TPSA) is 102 Å². The largest absolute Gasteiger partial charge is 0.325 e. The highest BCUT2D eigenvalue weighted by molar-refractivity contribution is 7.87. The van der Waals surface area contributed by atoms with E-state index in [0.717, 1.165) is 10.4 Å². The Labute approximate surface area is 166 Å². The Kier molecular flexibility index (Phi) is 5.67. The monoisotopic (exact) mass is 422 g/mol. The molecule has 0 saturated carbocycles. The van der Waals surface area contributed by atoms with Gasteiger partial charge in [-0.1, -0.05) is 23.7 Å². The molecule has 1 saturated heterocycles. The number of rotatable bonds is 3. The molecule has 0 aliphatic carbocycles. The van der Waals surface area contributed by atoms with Crippen LogP contribution in [0.3, 0.4) is 0 Å². The Morgan fingerprint density at radius 2 is 2.00 bits per heavy atom. The average molecular weight is 423 g/mol. The summed E-state index contributed by atoms with van der Waals surface area (Å²) >= 11 is 5.72. The molecule has 28 heavy (non-hydrogen) atoms. The molecule has 1 fully saturated rings. The molecule has 2 aromatic rings. The third-order valence-electron chi connectivity index (χ3n) is 4.50. The molecule has 3 rings (SSSR count). The maximum absolute atomic E-state index is 13.3. The van der Waals surface area contributed by atoms with Crippen LogP contribution in [-0.4, -0.2) is 31.7 Å². The van der Waals surface area contributed by atoms with E-state index >= 15 is 0 Å². The third-order valence-corrected chi connectivity index (χ3v) is 6.38. The van der Waals surface area contributed by atoms with Crippen LogP contribution in [0, 0.1) is 17.1 Å². The molecule has 1 heterocycles.